The molecule has 0 aliphatic carbocycles. The second kappa shape index (κ2) is 12.0. The SMILES string of the molecule is CN(C(=O)c1ccccc1)C(=C(Cl)Cl)[P+](c1ccccc1)(c1ccccc1)c1ccccc1.I. The Balaban J connectivity index is 0.00000324. The third-order valence-electron chi connectivity index (χ3n) is 5.56. The highest BCUT2D eigenvalue weighted by Crippen LogP contribution is 2.65. The molecule has 34 heavy (non-hydrogen) atoms. The lowest BCUT2D eigenvalue weighted by Gasteiger charge is -2.33. The number of hydrogen-bond acceptors (Lipinski definition) is 1. The molecule has 0 aliphatic heterocycles. The summed E-state index contributed by atoms with van der Waals surface area (Å²) in [5.74, 6) is -0.170. The van der Waals surface area contributed by atoms with Crippen molar-refractivity contribution in [2.24, 2.45) is 0 Å². The Labute approximate surface area is 228 Å². The average molecular weight is 619 g/mol. The van der Waals surface area contributed by atoms with E-state index in [0.29, 0.717) is 11.0 Å². The van der Waals surface area contributed by atoms with Gasteiger partial charge in [0, 0.05) is 12.6 Å². The minimum Gasteiger partial charge on any atom is -0.279 e. The number of hydrogen-bond donors (Lipinski definition) is 0. The van der Waals surface area contributed by atoms with E-state index < -0.39 is 7.26 Å². The lowest BCUT2D eigenvalue weighted by molar-refractivity contribution is 0.0845. The van der Waals surface area contributed by atoms with Crippen molar-refractivity contribution in [3.8, 4) is 0 Å². The van der Waals surface area contributed by atoms with Crippen LogP contribution in [-0.4, -0.2) is 17.9 Å². The molecule has 0 atom stereocenters. The highest BCUT2D eigenvalue weighted by atomic mass is 127. The molecular formula is C28H24Cl2INOP+. The number of nitrogens with zero attached hydrogens (tertiary/aromatic N) is 1. The molecule has 0 N–H and O–H groups in total. The standard InChI is InChI=1S/C28H23Cl2NOP.HI/c1-31(27(32)22-14-6-2-7-15-22)28(26(29)30)33(23-16-8-3-9-17-23,24-18-10-4-11-19-24)25-20-12-5-13-21-25;/h2-21H,1H3;1H/q+1;. The van der Waals surface area contributed by atoms with Crippen molar-refractivity contribution < 1.29 is 4.79 Å². The molecule has 0 fully saturated rings. The molecule has 0 saturated heterocycles. The molecule has 1 amide bonds. The summed E-state index contributed by atoms with van der Waals surface area (Å²) in [5, 5.41) is 3.18. The largest absolute Gasteiger partial charge is 0.279 e. The summed E-state index contributed by atoms with van der Waals surface area (Å²) < 4.78 is 0.0756. The monoisotopic (exact) mass is 618 g/mol. The minimum atomic E-state index is -2.63. The van der Waals surface area contributed by atoms with Gasteiger partial charge in [0.1, 0.15) is 15.9 Å². The van der Waals surface area contributed by atoms with Crippen LogP contribution in [0.4, 0.5) is 0 Å². The lowest BCUT2D eigenvalue weighted by atomic mass is 10.2. The Morgan fingerprint density at radius 1 is 0.618 bits per heavy atom. The molecule has 0 radical (unpaired) electrons. The zero-order chi connectivity index (χ0) is 23.3. The van der Waals surface area contributed by atoms with Gasteiger partial charge in [-0.2, -0.15) is 0 Å². The van der Waals surface area contributed by atoms with Gasteiger partial charge in [-0.3, -0.25) is 9.69 Å². The van der Waals surface area contributed by atoms with Crippen LogP contribution in [0.1, 0.15) is 10.4 Å². The van der Waals surface area contributed by atoms with Crippen LogP contribution < -0.4 is 15.9 Å². The molecule has 0 bridgehead atoms. The molecule has 0 unspecified atom stereocenters. The Bertz CT molecular complexity index is 1150. The summed E-state index contributed by atoms with van der Waals surface area (Å²) in [5.41, 5.74) is 1.17. The van der Waals surface area contributed by atoms with E-state index in [4.69, 9.17) is 23.2 Å². The van der Waals surface area contributed by atoms with Crippen molar-refractivity contribution in [3.05, 3.63) is 137 Å². The molecule has 4 aromatic rings. The maximum absolute atomic E-state index is 13.6. The van der Waals surface area contributed by atoms with Crippen molar-refractivity contribution in [2.75, 3.05) is 7.05 Å². The van der Waals surface area contributed by atoms with E-state index in [1.165, 1.54) is 0 Å². The predicted octanol–water partition coefficient (Wildman–Crippen LogP) is 6.97. The van der Waals surface area contributed by atoms with Gasteiger partial charge in [0.2, 0.25) is 5.44 Å². The van der Waals surface area contributed by atoms with Gasteiger partial charge in [0.05, 0.1) is 0 Å². The van der Waals surface area contributed by atoms with E-state index in [-0.39, 0.29) is 34.4 Å². The molecule has 4 aromatic carbocycles. The van der Waals surface area contributed by atoms with Crippen LogP contribution in [0.2, 0.25) is 0 Å². The van der Waals surface area contributed by atoms with E-state index in [9.17, 15) is 4.79 Å². The molecule has 2 nitrogen and oxygen atoms in total. The van der Waals surface area contributed by atoms with Crippen LogP contribution in [0.5, 0.6) is 0 Å². The normalized spacial score (nSPS) is 10.7. The topological polar surface area (TPSA) is 20.3 Å². The Kier molecular flexibility index (Phi) is 9.32. The van der Waals surface area contributed by atoms with Crippen LogP contribution >= 0.6 is 54.4 Å². The van der Waals surface area contributed by atoms with E-state index >= 15 is 0 Å². The maximum Gasteiger partial charge on any atom is 0.260 e. The predicted molar refractivity (Wildman–Crippen MR) is 158 cm³/mol. The number of rotatable bonds is 6. The van der Waals surface area contributed by atoms with Crippen molar-refractivity contribution in [3.63, 3.8) is 0 Å². The number of benzene rings is 4. The molecule has 0 spiro atoms. The molecule has 0 aliphatic rings. The second-order valence-electron chi connectivity index (χ2n) is 7.49. The van der Waals surface area contributed by atoms with Crippen LogP contribution in [0.3, 0.4) is 0 Å². The zero-order valence-electron chi connectivity index (χ0n) is 18.5. The molecule has 0 aromatic heterocycles. The van der Waals surface area contributed by atoms with Gasteiger partial charge < -0.3 is 0 Å². The van der Waals surface area contributed by atoms with Crippen molar-refractivity contribution in [2.45, 2.75) is 0 Å². The van der Waals surface area contributed by atoms with Gasteiger partial charge >= 0.3 is 0 Å². The third kappa shape index (κ3) is 5.08. The fourth-order valence-corrected chi connectivity index (χ4v) is 9.41. The average Bonchev–Trinajstić information content (AvgIpc) is 2.88. The third-order valence-corrected chi connectivity index (χ3v) is 10.6. The van der Waals surface area contributed by atoms with Gasteiger partial charge in [-0.15, -0.1) is 24.0 Å². The van der Waals surface area contributed by atoms with Crippen molar-refractivity contribution in [1.29, 1.82) is 0 Å². The van der Waals surface area contributed by atoms with Gasteiger partial charge in [-0.1, -0.05) is 96.0 Å². The molecule has 0 heterocycles. The van der Waals surface area contributed by atoms with Crippen LogP contribution in [0.15, 0.2) is 131 Å². The van der Waals surface area contributed by atoms with Gasteiger partial charge in [0.15, 0.2) is 11.8 Å². The van der Waals surface area contributed by atoms with Gasteiger partial charge in [-0.25, -0.2) is 0 Å². The molecule has 6 heteroatoms. The Hall–Kier alpha value is -2.17. The summed E-state index contributed by atoms with van der Waals surface area (Å²) in [6, 6.07) is 39.7. The highest BCUT2D eigenvalue weighted by Gasteiger charge is 2.53. The number of carbonyl (C=O) groups is 1. The summed E-state index contributed by atoms with van der Waals surface area (Å²) in [4.78, 5) is 15.2. The quantitative estimate of drug-likeness (QED) is 0.169. The first-order chi connectivity index (χ1) is 16.1. The van der Waals surface area contributed by atoms with E-state index in [2.05, 4.69) is 36.4 Å². The number of halogens is 3. The van der Waals surface area contributed by atoms with Crippen LogP contribution in [-0.2, 0) is 0 Å². The maximum atomic E-state index is 13.6. The van der Waals surface area contributed by atoms with Crippen molar-refractivity contribution >= 4 is 76.3 Å². The fourth-order valence-electron chi connectivity index (χ4n) is 4.12. The van der Waals surface area contributed by atoms with E-state index in [1.807, 2.05) is 72.8 Å². The first-order valence-corrected chi connectivity index (χ1v) is 13.1. The zero-order valence-corrected chi connectivity index (χ0v) is 23.3. The summed E-state index contributed by atoms with van der Waals surface area (Å²) in [6.45, 7) is 0. The number of carbonyl (C=O) groups excluding carboxylic acids is 1. The number of amides is 1. The minimum absolute atomic E-state index is 0. The molecule has 0 saturated carbocycles. The summed E-state index contributed by atoms with van der Waals surface area (Å²) >= 11 is 13.4. The van der Waals surface area contributed by atoms with E-state index in [0.717, 1.165) is 15.9 Å². The first-order valence-electron chi connectivity index (χ1n) is 10.5. The smallest absolute Gasteiger partial charge is 0.260 e. The van der Waals surface area contributed by atoms with Crippen LogP contribution in [0.25, 0.3) is 0 Å². The first kappa shape index (κ1) is 26.4. The van der Waals surface area contributed by atoms with Gasteiger partial charge in [0.25, 0.3) is 5.91 Å². The molecule has 4 rings (SSSR count). The summed E-state index contributed by atoms with van der Waals surface area (Å²) in [7, 11) is -0.880. The summed E-state index contributed by atoms with van der Waals surface area (Å²) in [6.07, 6.45) is 0. The van der Waals surface area contributed by atoms with Crippen LogP contribution in [0, 0.1) is 0 Å². The highest BCUT2D eigenvalue weighted by molar-refractivity contribution is 14.0. The molecule has 172 valence electrons. The van der Waals surface area contributed by atoms with Gasteiger partial charge in [-0.05, 0) is 48.5 Å². The Morgan fingerprint density at radius 2 is 0.941 bits per heavy atom. The Morgan fingerprint density at radius 3 is 1.26 bits per heavy atom. The second-order valence-corrected chi connectivity index (χ2v) is 11.8. The fraction of sp³-hybridized carbons (Fsp3) is 0.0357. The van der Waals surface area contributed by atoms with E-state index in [1.54, 1.807) is 24.1 Å². The lowest BCUT2D eigenvalue weighted by Crippen LogP contribution is -2.39. The van der Waals surface area contributed by atoms with Crippen molar-refractivity contribution in [1.82, 2.24) is 4.90 Å². The molecular weight excluding hydrogens is 595 g/mol.